The van der Waals surface area contributed by atoms with Gasteiger partial charge in [0.2, 0.25) is 0 Å². The van der Waals surface area contributed by atoms with Crippen LogP contribution in [0.2, 0.25) is 0 Å². The van der Waals surface area contributed by atoms with Gasteiger partial charge in [-0.15, -0.1) is 0 Å². The Kier molecular flexibility index (Phi) is 5.54. The molecule has 144 valence electrons. The first-order valence-corrected chi connectivity index (χ1v) is 9.25. The van der Waals surface area contributed by atoms with E-state index in [1.54, 1.807) is 7.11 Å². The van der Waals surface area contributed by atoms with E-state index in [-0.39, 0.29) is 24.2 Å². The molecule has 1 aliphatic carbocycles. The first-order valence-electron chi connectivity index (χ1n) is 9.25. The van der Waals surface area contributed by atoms with Crippen LogP contribution in [0.25, 0.3) is 5.69 Å². The minimum absolute atomic E-state index is 0.0610. The zero-order valence-corrected chi connectivity index (χ0v) is 16.5. The monoisotopic (exact) mass is 369 g/mol. The quantitative estimate of drug-likeness (QED) is 0.808. The van der Waals surface area contributed by atoms with Crippen LogP contribution in [-0.4, -0.2) is 35.1 Å². The third-order valence-corrected chi connectivity index (χ3v) is 4.74. The Morgan fingerprint density at radius 2 is 1.93 bits per heavy atom. The number of nitrogens with zero attached hydrogens (tertiary/aromatic N) is 2. The highest BCUT2D eigenvalue weighted by Crippen LogP contribution is 2.35. The van der Waals surface area contributed by atoms with Gasteiger partial charge in [0.1, 0.15) is 11.9 Å². The first kappa shape index (κ1) is 19.0. The van der Waals surface area contributed by atoms with Crippen LogP contribution in [-0.2, 0) is 4.74 Å². The summed E-state index contributed by atoms with van der Waals surface area (Å²) in [5, 5.41) is 7.49. The van der Waals surface area contributed by atoms with Crippen LogP contribution in [0.1, 0.15) is 43.1 Å². The van der Waals surface area contributed by atoms with Gasteiger partial charge in [0.05, 0.1) is 18.5 Å². The van der Waals surface area contributed by atoms with Crippen LogP contribution in [0, 0.1) is 13.8 Å². The van der Waals surface area contributed by atoms with Gasteiger partial charge in [0.15, 0.2) is 0 Å². The highest BCUT2D eigenvalue weighted by atomic mass is 16.6. The lowest BCUT2D eigenvalue weighted by Crippen LogP contribution is -2.33. The van der Waals surface area contributed by atoms with E-state index < -0.39 is 0 Å². The Morgan fingerprint density at radius 3 is 2.56 bits per heavy atom. The van der Waals surface area contributed by atoms with Crippen molar-refractivity contribution in [1.29, 1.82) is 0 Å². The zero-order valence-electron chi connectivity index (χ0n) is 16.5. The number of aromatic nitrogens is 2. The molecule has 0 spiro atoms. The SMILES string of the molecule is COc1ccc(-n2nc(C)c([C@H]3C=C[C@@H](OC(=O)NC(C)C)C3)c2C)cc1. The number of carbonyl (C=O) groups is 1. The fraction of sp³-hybridized carbons (Fsp3) is 0.429. The topological polar surface area (TPSA) is 65.4 Å². The number of amides is 1. The number of ether oxygens (including phenoxy) is 2. The largest absolute Gasteiger partial charge is 0.497 e. The number of hydrogen-bond donors (Lipinski definition) is 1. The van der Waals surface area contributed by atoms with Crippen LogP contribution in [0.15, 0.2) is 36.4 Å². The molecule has 0 aliphatic heterocycles. The second-order valence-electron chi connectivity index (χ2n) is 7.16. The fourth-order valence-electron chi connectivity index (χ4n) is 3.54. The van der Waals surface area contributed by atoms with E-state index in [2.05, 4.69) is 18.3 Å². The predicted molar refractivity (Wildman–Crippen MR) is 105 cm³/mol. The number of hydrogen-bond acceptors (Lipinski definition) is 4. The maximum absolute atomic E-state index is 11.8. The van der Waals surface area contributed by atoms with Crippen molar-refractivity contribution < 1.29 is 14.3 Å². The Bertz CT molecular complexity index is 837. The van der Waals surface area contributed by atoms with E-state index in [0.717, 1.165) is 29.2 Å². The summed E-state index contributed by atoms with van der Waals surface area (Å²) in [7, 11) is 1.66. The summed E-state index contributed by atoms with van der Waals surface area (Å²) >= 11 is 0. The van der Waals surface area contributed by atoms with E-state index in [1.165, 1.54) is 5.56 Å². The van der Waals surface area contributed by atoms with Crippen LogP contribution in [0.3, 0.4) is 0 Å². The summed E-state index contributed by atoms with van der Waals surface area (Å²) in [4.78, 5) is 11.8. The fourth-order valence-corrected chi connectivity index (χ4v) is 3.54. The molecule has 1 heterocycles. The highest BCUT2D eigenvalue weighted by Gasteiger charge is 2.28. The number of methoxy groups -OCH3 is 1. The van der Waals surface area contributed by atoms with E-state index in [0.29, 0.717) is 0 Å². The molecule has 3 rings (SSSR count). The van der Waals surface area contributed by atoms with Crippen molar-refractivity contribution in [3.05, 3.63) is 53.4 Å². The van der Waals surface area contributed by atoms with Gasteiger partial charge in [-0.3, -0.25) is 0 Å². The molecule has 0 saturated heterocycles. The maximum atomic E-state index is 11.8. The summed E-state index contributed by atoms with van der Waals surface area (Å²) in [6.07, 6.45) is 4.23. The summed E-state index contributed by atoms with van der Waals surface area (Å²) in [6.45, 7) is 7.92. The molecule has 1 aliphatic rings. The van der Waals surface area contributed by atoms with Gasteiger partial charge in [-0.25, -0.2) is 9.48 Å². The summed E-state index contributed by atoms with van der Waals surface area (Å²) in [5.41, 5.74) is 4.27. The normalized spacial score (nSPS) is 18.7. The molecule has 1 aromatic carbocycles. The van der Waals surface area contributed by atoms with Gasteiger partial charge in [0, 0.05) is 23.2 Å². The number of allylic oxidation sites excluding steroid dienone is 1. The van der Waals surface area contributed by atoms with Crippen molar-refractivity contribution in [3.63, 3.8) is 0 Å². The second-order valence-corrected chi connectivity index (χ2v) is 7.16. The summed E-state index contributed by atoms with van der Waals surface area (Å²) < 4.78 is 12.7. The maximum Gasteiger partial charge on any atom is 0.407 e. The smallest absolute Gasteiger partial charge is 0.407 e. The van der Waals surface area contributed by atoms with Gasteiger partial charge in [-0.05, 0) is 64.5 Å². The summed E-state index contributed by atoms with van der Waals surface area (Å²) in [6, 6.07) is 7.91. The molecule has 1 amide bonds. The number of nitrogens with one attached hydrogen (secondary N) is 1. The van der Waals surface area contributed by atoms with Gasteiger partial charge in [-0.1, -0.05) is 6.08 Å². The van der Waals surface area contributed by atoms with Crippen LogP contribution >= 0.6 is 0 Å². The number of aryl methyl sites for hydroxylation is 1. The molecule has 0 fully saturated rings. The number of benzene rings is 1. The molecule has 2 aromatic rings. The Labute approximate surface area is 160 Å². The van der Waals surface area contributed by atoms with Crippen molar-refractivity contribution in [3.8, 4) is 11.4 Å². The van der Waals surface area contributed by atoms with Crippen LogP contribution in [0.4, 0.5) is 4.79 Å². The first-order chi connectivity index (χ1) is 12.9. The average molecular weight is 369 g/mol. The predicted octanol–water partition coefficient (Wildman–Crippen LogP) is 4.04. The zero-order chi connectivity index (χ0) is 19.6. The lowest BCUT2D eigenvalue weighted by Gasteiger charge is -2.15. The van der Waals surface area contributed by atoms with Crippen molar-refractivity contribution in [2.75, 3.05) is 7.11 Å². The molecule has 27 heavy (non-hydrogen) atoms. The lowest BCUT2D eigenvalue weighted by atomic mass is 9.96. The molecule has 6 nitrogen and oxygen atoms in total. The second kappa shape index (κ2) is 7.86. The number of rotatable bonds is 5. The molecule has 1 N–H and O–H groups in total. The van der Waals surface area contributed by atoms with Gasteiger partial charge < -0.3 is 14.8 Å². The Hall–Kier alpha value is -2.76. The molecular weight excluding hydrogens is 342 g/mol. The minimum atomic E-state index is -0.373. The Morgan fingerprint density at radius 1 is 1.22 bits per heavy atom. The number of alkyl carbamates (subject to hydrolysis) is 1. The van der Waals surface area contributed by atoms with E-state index in [4.69, 9.17) is 14.6 Å². The third kappa shape index (κ3) is 4.15. The van der Waals surface area contributed by atoms with Gasteiger partial charge in [0.25, 0.3) is 0 Å². The van der Waals surface area contributed by atoms with E-state index >= 15 is 0 Å². The van der Waals surface area contributed by atoms with Crippen LogP contribution < -0.4 is 10.1 Å². The molecule has 0 saturated carbocycles. The Balaban J connectivity index is 1.75. The molecule has 1 aromatic heterocycles. The van der Waals surface area contributed by atoms with Crippen molar-refractivity contribution >= 4 is 6.09 Å². The molecule has 0 radical (unpaired) electrons. The highest BCUT2D eigenvalue weighted by molar-refractivity contribution is 5.68. The molecular formula is C21H27N3O3. The number of carbonyl (C=O) groups excluding carboxylic acids is 1. The van der Waals surface area contributed by atoms with Crippen molar-refractivity contribution in [2.45, 2.75) is 52.2 Å². The van der Waals surface area contributed by atoms with Crippen LogP contribution in [0.5, 0.6) is 5.75 Å². The third-order valence-electron chi connectivity index (χ3n) is 4.74. The molecule has 6 heteroatoms. The van der Waals surface area contributed by atoms with Gasteiger partial charge >= 0.3 is 6.09 Å². The molecule has 0 unspecified atom stereocenters. The minimum Gasteiger partial charge on any atom is -0.497 e. The van der Waals surface area contributed by atoms with Crippen molar-refractivity contribution in [1.82, 2.24) is 15.1 Å². The summed E-state index contributed by atoms with van der Waals surface area (Å²) in [5.74, 6) is 1.01. The average Bonchev–Trinajstić information content (AvgIpc) is 3.18. The van der Waals surface area contributed by atoms with E-state index in [9.17, 15) is 4.79 Å². The van der Waals surface area contributed by atoms with Gasteiger partial charge in [-0.2, -0.15) is 5.10 Å². The van der Waals surface area contributed by atoms with E-state index in [1.807, 2.05) is 55.8 Å². The lowest BCUT2D eigenvalue weighted by molar-refractivity contribution is 0.115. The van der Waals surface area contributed by atoms with Crippen molar-refractivity contribution in [2.24, 2.45) is 0 Å². The molecule has 2 atom stereocenters. The standard InChI is InChI=1S/C21H27N3O3/c1-13(2)22-21(25)27-19-9-6-16(12-19)20-14(3)23-24(15(20)4)17-7-10-18(26-5)11-8-17/h6-11,13,16,19H,12H2,1-5H3,(H,22,25)/t16-,19+/m0/s1. The molecule has 0 bridgehead atoms.